The van der Waals surface area contributed by atoms with Gasteiger partial charge in [-0.3, -0.25) is 4.99 Å². The fourth-order valence-corrected chi connectivity index (χ4v) is 5.00. The number of rotatable bonds is 2. The number of nitrogens with zero attached hydrogens (tertiary/aromatic N) is 1. The standard InChI is InChI=1S/C26H32N2O/c1-17-7-10-19(11-8-17)24-14-22(21-13-18(2)9-12-23(21)29-24)27-20-15-25(3,4)28-26(5,6)16-20/h7-14,20,28H,15-16H2,1-6H3/p+1. The Bertz CT molecular complexity index is 1090. The molecule has 1 fully saturated rings. The van der Waals surface area contributed by atoms with Crippen LogP contribution in [0.2, 0.25) is 0 Å². The Morgan fingerprint density at radius 1 is 0.862 bits per heavy atom. The van der Waals surface area contributed by atoms with Gasteiger partial charge in [0.25, 0.3) is 0 Å². The monoisotopic (exact) mass is 389 g/mol. The first-order valence-corrected chi connectivity index (χ1v) is 10.6. The van der Waals surface area contributed by atoms with E-state index in [-0.39, 0.29) is 11.1 Å². The third-order valence-corrected chi connectivity index (χ3v) is 5.86. The molecule has 0 atom stereocenters. The molecule has 1 aromatic heterocycles. The fraction of sp³-hybridized carbons (Fsp3) is 0.423. The second-order valence-electron chi connectivity index (χ2n) is 10.2. The van der Waals surface area contributed by atoms with Crippen molar-refractivity contribution in [3.05, 3.63) is 65.0 Å². The van der Waals surface area contributed by atoms with E-state index in [1.165, 1.54) is 11.1 Å². The highest BCUT2D eigenvalue weighted by atomic mass is 16.3. The summed E-state index contributed by atoms with van der Waals surface area (Å²) < 4.78 is 6.29. The van der Waals surface area contributed by atoms with Crippen LogP contribution in [0.25, 0.3) is 22.3 Å². The molecule has 3 aromatic rings. The van der Waals surface area contributed by atoms with Gasteiger partial charge in [-0.05, 0) is 53.7 Å². The van der Waals surface area contributed by atoms with E-state index >= 15 is 0 Å². The molecule has 0 amide bonds. The quantitative estimate of drug-likeness (QED) is 0.665. The van der Waals surface area contributed by atoms with Gasteiger partial charge in [0, 0.05) is 29.9 Å². The Balaban J connectivity index is 1.88. The van der Waals surface area contributed by atoms with Gasteiger partial charge < -0.3 is 9.73 Å². The number of fused-ring (bicyclic) bond motifs is 1. The zero-order valence-electron chi connectivity index (χ0n) is 18.5. The molecule has 2 aromatic carbocycles. The van der Waals surface area contributed by atoms with Crippen molar-refractivity contribution in [2.75, 3.05) is 0 Å². The number of piperidine rings is 1. The van der Waals surface area contributed by atoms with Gasteiger partial charge in [0.15, 0.2) is 0 Å². The summed E-state index contributed by atoms with van der Waals surface area (Å²) in [5.74, 6) is 0.876. The van der Waals surface area contributed by atoms with Gasteiger partial charge in [-0.15, -0.1) is 0 Å². The van der Waals surface area contributed by atoms with Crippen LogP contribution in [0.5, 0.6) is 0 Å². The minimum absolute atomic E-state index is 0.195. The summed E-state index contributed by atoms with van der Waals surface area (Å²) in [6.07, 6.45) is 2.16. The van der Waals surface area contributed by atoms with E-state index in [0.717, 1.165) is 40.5 Å². The molecule has 0 spiro atoms. The van der Waals surface area contributed by atoms with E-state index in [1.807, 2.05) is 0 Å². The molecule has 29 heavy (non-hydrogen) atoms. The summed E-state index contributed by atoms with van der Waals surface area (Å²) >= 11 is 0. The lowest BCUT2D eigenvalue weighted by molar-refractivity contribution is -0.787. The lowest BCUT2D eigenvalue weighted by atomic mass is 9.80. The second kappa shape index (κ2) is 7.14. The van der Waals surface area contributed by atoms with Crippen LogP contribution in [0.1, 0.15) is 51.7 Å². The van der Waals surface area contributed by atoms with Gasteiger partial charge in [0.05, 0.1) is 22.5 Å². The highest BCUT2D eigenvalue weighted by Crippen LogP contribution is 2.26. The van der Waals surface area contributed by atoms with Crippen LogP contribution in [-0.4, -0.2) is 17.1 Å². The Morgan fingerprint density at radius 2 is 1.48 bits per heavy atom. The molecule has 0 saturated carbocycles. The van der Waals surface area contributed by atoms with Crippen LogP contribution in [0.4, 0.5) is 0 Å². The second-order valence-corrected chi connectivity index (χ2v) is 10.2. The number of quaternary nitrogens is 1. The smallest absolute Gasteiger partial charge is 0.136 e. The summed E-state index contributed by atoms with van der Waals surface area (Å²) in [7, 11) is 0. The molecule has 1 aliphatic rings. The minimum Gasteiger partial charge on any atom is -0.456 e. The zero-order valence-corrected chi connectivity index (χ0v) is 18.5. The molecule has 4 rings (SSSR count). The predicted molar refractivity (Wildman–Crippen MR) is 120 cm³/mol. The number of benzene rings is 2. The lowest BCUT2D eigenvalue weighted by Gasteiger charge is -2.41. The summed E-state index contributed by atoms with van der Waals surface area (Å²) in [5, 5.41) is 4.65. The van der Waals surface area contributed by atoms with Gasteiger partial charge in [-0.1, -0.05) is 41.5 Å². The Labute approximate surface area is 173 Å². The van der Waals surface area contributed by atoms with Crippen LogP contribution in [-0.2, 0) is 0 Å². The van der Waals surface area contributed by atoms with Crippen molar-refractivity contribution in [1.82, 2.24) is 0 Å². The molecule has 152 valence electrons. The van der Waals surface area contributed by atoms with E-state index < -0.39 is 0 Å². The summed E-state index contributed by atoms with van der Waals surface area (Å²) in [6.45, 7) is 13.5. The van der Waals surface area contributed by atoms with E-state index in [0.29, 0.717) is 6.04 Å². The van der Waals surface area contributed by atoms with E-state index in [1.54, 1.807) is 0 Å². The number of hydrogen-bond acceptors (Lipinski definition) is 2. The van der Waals surface area contributed by atoms with E-state index in [9.17, 15) is 0 Å². The molecule has 3 nitrogen and oxygen atoms in total. The van der Waals surface area contributed by atoms with Crippen molar-refractivity contribution in [2.45, 2.75) is 71.5 Å². The summed E-state index contributed by atoms with van der Waals surface area (Å²) in [4.78, 5) is 5.30. The Hall–Kier alpha value is -2.39. The molecule has 0 unspecified atom stereocenters. The van der Waals surface area contributed by atoms with Crippen molar-refractivity contribution < 1.29 is 9.73 Å². The molecule has 0 aliphatic carbocycles. The topological polar surface area (TPSA) is 42.1 Å². The molecule has 1 saturated heterocycles. The summed E-state index contributed by atoms with van der Waals surface area (Å²) in [6, 6.07) is 17.3. The maximum Gasteiger partial charge on any atom is 0.136 e. The van der Waals surface area contributed by atoms with Crippen LogP contribution in [0.15, 0.2) is 57.9 Å². The average molecular weight is 390 g/mol. The Kier molecular flexibility index (Phi) is 4.90. The molecular weight excluding hydrogens is 356 g/mol. The Morgan fingerprint density at radius 3 is 2.14 bits per heavy atom. The molecule has 2 N–H and O–H groups in total. The maximum atomic E-state index is 6.29. The number of hydrogen-bond donors (Lipinski definition) is 1. The molecule has 2 heterocycles. The van der Waals surface area contributed by atoms with Crippen LogP contribution < -0.4 is 10.7 Å². The average Bonchev–Trinajstić information content (AvgIpc) is 2.60. The van der Waals surface area contributed by atoms with Crippen LogP contribution in [0, 0.1) is 13.8 Å². The largest absolute Gasteiger partial charge is 0.456 e. The highest BCUT2D eigenvalue weighted by molar-refractivity contribution is 5.79. The third-order valence-electron chi connectivity index (χ3n) is 5.86. The fourth-order valence-electron chi connectivity index (χ4n) is 5.00. The van der Waals surface area contributed by atoms with Crippen LogP contribution >= 0.6 is 0 Å². The molecule has 0 radical (unpaired) electrons. The first kappa shape index (κ1) is 19.9. The maximum absolute atomic E-state index is 6.29. The van der Waals surface area contributed by atoms with Crippen molar-refractivity contribution in [3.8, 4) is 11.3 Å². The molecule has 3 heteroatoms. The van der Waals surface area contributed by atoms with Crippen molar-refractivity contribution in [2.24, 2.45) is 4.99 Å². The number of nitrogens with two attached hydrogens (primary N) is 1. The summed E-state index contributed by atoms with van der Waals surface area (Å²) in [5.41, 5.74) is 4.85. The number of aryl methyl sites for hydroxylation is 2. The van der Waals surface area contributed by atoms with E-state index in [4.69, 9.17) is 9.41 Å². The first-order chi connectivity index (χ1) is 13.6. The highest BCUT2D eigenvalue weighted by Gasteiger charge is 2.41. The van der Waals surface area contributed by atoms with Crippen LogP contribution in [0.3, 0.4) is 0 Å². The normalized spacial score (nSPS) is 19.6. The third kappa shape index (κ3) is 4.45. The van der Waals surface area contributed by atoms with Crippen molar-refractivity contribution >= 4 is 11.0 Å². The lowest BCUT2D eigenvalue weighted by Crippen LogP contribution is -3.05. The van der Waals surface area contributed by atoms with E-state index in [2.05, 4.69) is 95.4 Å². The molecule has 0 bridgehead atoms. The van der Waals surface area contributed by atoms with Gasteiger partial charge in [-0.25, -0.2) is 0 Å². The zero-order chi connectivity index (χ0) is 20.8. The van der Waals surface area contributed by atoms with Crippen molar-refractivity contribution in [1.29, 1.82) is 0 Å². The van der Waals surface area contributed by atoms with Crippen molar-refractivity contribution in [3.63, 3.8) is 0 Å². The van der Waals surface area contributed by atoms with Gasteiger partial charge in [-0.2, -0.15) is 0 Å². The SMILES string of the molecule is Cc1ccc(-c2cc(=NC3CC(C)(C)[NH2+]C(C)(C)C3)c3cc(C)ccc3o2)cc1. The van der Waals surface area contributed by atoms with Gasteiger partial charge in [0.2, 0.25) is 0 Å². The van der Waals surface area contributed by atoms with Gasteiger partial charge >= 0.3 is 0 Å². The molecular formula is C26H33N2O+. The first-order valence-electron chi connectivity index (χ1n) is 10.6. The minimum atomic E-state index is 0.195. The predicted octanol–water partition coefficient (Wildman–Crippen LogP) is 4.90. The van der Waals surface area contributed by atoms with Gasteiger partial charge in [0.1, 0.15) is 11.3 Å². The molecule has 1 aliphatic heterocycles.